The van der Waals surface area contributed by atoms with Gasteiger partial charge in [-0.05, 0) is 31.7 Å². The number of hydrogen-bond donors (Lipinski definition) is 2. The summed E-state index contributed by atoms with van der Waals surface area (Å²) in [5.74, 6) is 0.536. The van der Waals surface area contributed by atoms with E-state index in [-0.39, 0.29) is 12.1 Å². The van der Waals surface area contributed by atoms with Gasteiger partial charge in [0.2, 0.25) is 0 Å². The van der Waals surface area contributed by atoms with Gasteiger partial charge in [0, 0.05) is 44.7 Å². The molecule has 2 aliphatic rings. The SMILES string of the molecule is CCNC(=O)N1CCC(NC[C@H]2CCO[C@@H]2c2ccccc2)CC1. The van der Waals surface area contributed by atoms with Crippen LogP contribution in [0.25, 0.3) is 0 Å². The van der Waals surface area contributed by atoms with Gasteiger partial charge in [0.1, 0.15) is 0 Å². The molecule has 0 radical (unpaired) electrons. The predicted octanol–water partition coefficient (Wildman–Crippen LogP) is 2.55. The van der Waals surface area contributed by atoms with Crippen LogP contribution in [0.3, 0.4) is 0 Å². The van der Waals surface area contributed by atoms with Crippen LogP contribution in [0.2, 0.25) is 0 Å². The third-order valence-corrected chi connectivity index (χ3v) is 5.12. The first-order chi connectivity index (χ1) is 11.8. The topological polar surface area (TPSA) is 53.6 Å². The van der Waals surface area contributed by atoms with Crippen molar-refractivity contribution < 1.29 is 9.53 Å². The van der Waals surface area contributed by atoms with Crippen molar-refractivity contribution in [1.29, 1.82) is 0 Å². The van der Waals surface area contributed by atoms with Gasteiger partial charge in [-0.3, -0.25) is 0 Å². The molecular weight excluding hydrogens is 302 g/mol. The van der Waals surface area contributed by atoms with Crippen molar-refractivity contribution in [3.05, 3.63) is 35.9 Å². The molecule has 1 aromatic rings. The number of nitrogens with zero attached hydrogens (tertiary/aromatic N) is 1. The van der Waals surface area contributed by atoms with E-state index < -0.39 is 0 Å². The molecule has 1 aromatic carbocycles. The first-order valence-corrected chi connectivity index (χ1v) is 9.20. The molecule has 5 nitrogen and oxygen atoms in total. The third kappa shape index (κ3) is 4.28. The summed E-state index contributed by atoms with van der Waals surface area (Å²) in [6.07, 6.45) is 3.39. The van der Waals surface area contributed by atoms with E-state index in [1.807, 2.05) is 17.9 Å². The lowest BCUT2D eigenvalue weighted by molar-refractivity contribution is 0.0889. The second-order valence-corrected chi connectivity index (χ2v) is 6.76. The molecule has 0 bridgehead atoms. The molecular formula is C19H29N3O2. The molecule has 24 heavy (non-hydrogen) atoms. The lowest BCUT2D eigenvalue weighted by Crippen LogP contribution is -2.49. The average molecular weight is 331 g/mol. The molecule has 2 atom stereocenters. The first-order valence-electron chi connectivity index (χ1n) is 9.20. The molecule has 2 heterocycles. The molecule has 0 unspecified atom stereocenters. The predicted molar refractivity (Wildman–Crippen MR) is 94.9 cm³/mol. The summed E-state index contributed by atoms with van der Waals surface area (Å²) in [4.78, 5) is 13.8. The van der Waals surface area contributed by atoms with E-state index in [0.717, 1.165) is 45.5 Å². The van der Waals surface area contributed by atoms with E-state index in [2.05, 4.69) is 34.9 Å². The monoisotopic (exact) mass is 331 g/mol. The highest BCUT2D eigenvalue weighted by Crippen LogP contribution is 2.34. The summed E-state index contributed by atoms with van der Waals surface area (Å²) in [6.45, 7) is 6.17. The van der Waals surface area contributed by atoms with Crippen molar-refractivity contribution in [1.82, 2.24) is 15.5 Å². The maximum atomic E-state index is 11.8. The van der Waals surface area contributed by atoms with Crippen molar-refractivity contribution in [2.24, 2.45) is 5.92 Å². The summed E-state index contributed by atoms with van der Waals surface area (Å²) >= 11 is 0. The molecule has 2 saturated heterocycles. The summed E-state index contributed by atoms with van der Waals surface area (Å²) < 4.78 is 5.97. The second-order valence-electron chi connectivity index (χ2n) is 6.76. The van der Waals surface area contributed by atoms with Crippen LogP contribution in [0, 0.1) is 5.92 Å². The van der Waals surface area contributed by atoms with E-state index >= 15 is 0 Å². The zero-order valence-electron chi connectivity index (χ0n) is 14.5. The van der Waals surface area contributed by atoms with Gasteiger partial charge >= 0.3 is 6.03 Å². The maximum Gasteiger partial charge on any atom is 0.317 e. The van der Waals surface area contributed by atoms with Gasteiger partial charge in [0.15, 0.2) is 0 Å². The number of benzene rings is 1. The van der Waals surface area contributed by atoms with Crippen LogP contribution in [0.1, 0.15) is 37.9 Å². The largest absolute Gasteiger partial charge is 0.373 e. The van der Waals surface area contributed by atoms with Crippen molar-refractivity contribution in [3.63, 3.8) is 0 Å². The summed E-state index contributed by atoms with van der Waals surface area (Å²) in [5, 5.41) is 6.60. The Morgan fingerprint density at radius 1 is 1.21 bits per heavy atom. The molecule has 2 amide bonds. The average Bonchev–Trinajstić information content (AvgIpc) is 3.10. The summed E-state index contributed by atoms with van der Waals surface area (Å²) in [7, 11) is 0. The Labute approximate surface area is 144 Å². The lowest BCUT2D eigenvalue weighted by Gasteiger charge is -2.33. The molecule has 0 spiro atoms. The summed E-state index contributed by atoms with van der Waals surface area (Å²) in [6, 6.07) is 11.1. The van der Waals surface area contributed by atoms with Crippen LogP contribution in [0.4, 0.5) is 4.79 Å². The van der Waals surface area contributed by atoms with E-state index in [9.17, 15) is 4.79 Å². The summed E-state index contributed by atoms with van der Waals surface area (Å²) in [5.41, 5.74) is 1.29. The Hall–Kier alpha value is -1.59. The Bertz CT molecular complexity index is 515. The van der Waals surface area contributed by atoms with Gasteiger partial charge in [-0.2, -0.15) is 0 Å². The van der Waals surface area contributed by atoms with E-state index in [1.54, 1.807) is 0 Å². The highest BCUT2D eigenvalue weighted by atomic mass is 16.5. The number of rotatable bonds is 5. The number of piperidine rings is 1. The Morgan fingerprint density at radius 3 is 2.67 bits per heavy atom. The van der Waals surface area contributed by atoms with Crippen molar-refractivity contribution in [2.45, 2.75) is 38.3 Å². The van der Waals surface area contributed by atoms with Gasteiger partial charge in [-0.25, -0.2) is 4.79 Å². The Morgan fingerprint density at radius 2 is 1.96 bits per heavy atom. The minimum absolute atomic E-state index is 0.0734. The normalized spacial score (nSPS) is 25.0. The fraction of sp³-hybridized carbons (Fsp3) is 0.632. The van der Waals surface area contributed by atoms with Gasteiger partial charge in [0.25, 0.3) is 0 Å². The number of carbonyl (C=O) groups is 1. The molecule has 2 aliphatic heterocycles. The Balaban J connectivity index is 1.44. The number of carbonyl (C=O) groups excluding carboxylic acids is 1. The lowest BCUT2D eigenvalue weighted by atomic mass is 9.94. The molecule has 2 N–H and O–H groups in total. The standard InChI is InChI=1S/C19H29N3O2/c1-2-20-19(23)22-11-8-17(9-12-22)21-14-16-10-13-24-18(16)15-6-4-3-5-7-15/h3-7,16-18,21H,2,8-14H2,1H3,(H,20,23)/t16-,18-/m1/s1. The minimum atomic E-state index is 0.0734. The molecule has 0 aromatic heterocycles. The number of nitrogens with one attached hydrogen (secondary N) is 2. The van der Waals surface area contributed by atoms with Crippen LogP contribution in [0.5, 0.6) is 0 Å². The molecule has 0 aliphatic carbocycles. The van der Waals surface area contributed by atoms with Crippen LogP contribution in [0.15, 0.2) is 30.3 Å². The molecule has 0 saturated carbocycles. The van der Waals surface area contributed by atoms with Gasteiger partial charge in [-0.1, -0.05) is 30.3 Å². The highest BCUT2D eigenvalue weighted by Gasteiger charge is 2.30. The van der Waals surface area contributed by atoms with Crippen molar-refractivity contribution in [3.8, 4) is 0 Å². The number of hydrogen-bond acceptors (Lipinski definition) is 3. The van der Waals surface area contributed by atoms with E-state index in [0.29, 0.717) is 18.5 Å². The first kappa shape index (κ1) is 17.2. The highest BCUT2D eigenvalue weighted by molar-refractivity contribution is 5.74. The zero-order valence-corrected chi connectivity index (χ0v) is 14.5. The maximum absolute atomic E-state index is 11.8. The molecule has 132 valence electrons. The van der Waals surface area contributed by atoms with Gasteiger partial charge in [0.05, 0.1) is 6.10 Å². The van der Waals surface area contributed by atoms with Crippen molar-refractivity contribution >= 4 is 6.03 Å². The fourth-order valence-corrected chi connectivity index (χ4v) is 3.72. The zero-order chi connectivity index (χ0) is 16.8. The van der Waals surface area contributed by atoms with Crippen LogP contribution in [-0.2, 0) is 4.74 Å². The van der Waals surface area contributed by atoms with Gasteiger partial charge < -0.3 is 20.3 Å². The number of likely N-dealkylation sites (tertiary alicyclic amines) is 1. The Kier molecular flexibility index (Phi) is 6.10. The van der Waals surface area contributed by atoms with Crippen LogP contribution in [-0.4, -0.2) is 49.8 Å². The van der Waals surface area contributed by atoms with E-state index in [4.69, 9.17) is 4.74 Å². The minimum Gasteiger partial charge on any atom is -0.373 e. The number of urea groups is 1. The molecule has 2 fully saturated rings. The number of amides is 2. The second kappa shape index (κ2) is 8.49. The molecule has 3 rings (SSSR count). The van der Waals surface area contributed by atoms with Crippen LogP contribution >= 0.6 is 0 Å². The van der Waals surface area contributed by atoms with Gasteiger partial charge in [-0.15, -0.1) is 0 Å². The van der Waals surface area contributed by atoms with Crippen molar-refractivity contribution in [2.75, 3.05) is 32.8 Å². The number of ether oxygens (including phenoxy) is 1. The smallest absolute Gasteiger partial charge is 0.317 e. The quantitative estimate of drug-likeness (QED) is 0.872. The fourth-order valence-electron chi connectivity index (χ4n) is 3.72. The molecule has 5 heteroatoms. The third-order valence-electron chi connectivity index (χ3n) is 5.12. The van der Waals surface area contributed by atoms with Crippen LogP contribution < -0.4 is 10.6 Å². The van der Waals surface area contributed by atoms with E-state index in [1.165, 1.54) is 5.56 Å².